The van der Waals surface area contributed by atoms with Gasteiger partial charge in [0.1, 0.15) is 16.9 Å². The lowest BCUT2D eigenvalue weighted by molar-refractivity contribution is -0.137. The van der Waals surface area contributed by atoms with E-state index in [9.17, 15) is 24.0 Å². The number of nitrogens with one attached hydrogen (secondary N) is 4. The van der Waals surface area contributed by atoms with Crippen LogP contribution in [0.15, 0.2) is 47.4 Å². The van der Waals surface area contributed by atoms with Gasteiger partial charge in [0.05, 0.1) is 30.5 Å². The van der Waals surface area contributed by atoms with E-state index in [0.717, 1.165) is 87.7 Å². The molecular weight excluding hydrogens is 857 g/mol. The molecule has 0 spiro atoms. The fourth-order valence-corrected chi connectivity index (χ4v) is 9.64. The molecule has 65 heavy (non-hydrogen) atoms. The number of ether oxygens (including phenoxy) is 2. The molecule has 5 fully saturated rings. The Morgan fingerprint density at radius 2 is 1.69 bits per heavy atom. The van der Waals surface area contributed by atoms with E-state index in [1.165, 1.54) is 31.2 Å². The maximum atomic E-state index is 15.1. The number of hydrogen-bond donors (Lipinski definition) is 4. The molecule has 6 heterocycles. The predicted octanol–water partition coefficient (Wildman–Crippen LogP) is 5.63. The summed E-state index contributed by atoms with van der Waals surface area (Å²) in [4.78, 5) is 73.8. The standard InChI is InChI=1S/C29H35ClN6O4.C18H20FN3O3/c1-31-26(37)17-39-25-15-18-14-19(8-9-24(18)36(28(25)38)20-4-2-5-20)33-27-23(30)16-32-29(34-27)35-12-10-22(11-13-35)40-21-6-3-7-21;19-16-11(10-5-7-20-8-6-10)1-2-12-13(16)9-22(18(12)25)14-3-4-15(23)21-17(14)24/h8-9,14-16,20-22H,2-7,10-13,17H2,1H3,(H,31,37)(H,32,33,34);1-2,10,14,20H,3-9H2,(H,21,23,24). The third-order valence-corrected chi connectivity index (χ3v) is 14.0. The van der Waals surface area contributed by atoms with Crippen LogP contribution in [0.1, 0.15) is 110 Å². The van der Waals surface area contributed by atoms with Crippen LogP contribution in [0.3, 0.4) is 0 Å². The first-order valence-corrected chi connectivity index (χ1v) is 23.3. The van der Waals surface area contributed by atoms with Crippen molar-refractivity contribution < 1.29 is 33.0 Å². The minimum Gasteiger partial charge on any atom is -0.478 e. The van der Waals surface area contributed by atoms with Crippen molar-refractivity contribution in [1.29, 1.82) is 0 Å². The fraction of sp³-hybridized carbons (Fsp3) is 0.511. The van der Waals surface area contributed by atoms with Crippen molar-refractivity contribution in [3.63, 3.8) is 0 Å². The van der Waals surface area contributed by atoms with Gasteiger partial charge in [0.25, 0.3) is 17.4 Å². The second-order valence-electron chi connectivity index (χ2n) is 17.8. The molecule has 2 aliphatic carbocycles. The fourth-order valence-electron chi connectivity index (χ4n) is 9.50. The largest absolute Gasteiger partial charge is 0.478 e. The summed E-state index contributed by atoms with van der Waals surface area (Å²) in [7, 11) is 1.53. The minimum absolute atomic E-state index is 0.0884. The summed E-state index contributed by atoms with van der Waals surface area (Å²) in [5, 5.41) is 12.6. The summed E-state index contributed by atoms with van der Waals surface area (Å²) in [6, 6.07) is 10.3. The molecule has 2 saturated carbocycles. The second-order valence-corrected chi connectivity index (χ2v) is 18.2. The smallest absolute Gasteiger partial charge is 0.293 e. The Kier molecular flexibility index (Phi) is 13.3. The van der Waals surface area contributed by atoms with E-state index < -0.39 is 11.9 Å². The van der Waals surface area contributed by atoms with Crippen molar-refractivity contribution in [1.82, 2.24) is 35.4 Å². The number of aromatic nitrogens is 3. The number of anilines is 3. The first-order valence-electron chi connectivity index (χ1n) is 22.9. The third-order valence-electron chi connectivity index (χ3n) is 13.7. The Bertz CT molecular complexity index is 2540. The summed E-state index contributed by atoms with van der Waals surface area (Å²) < 4.78 is 28.7. The highest BCUT2D eigenvalue weighted by Crippen LogP contribution is 2.37. The minimum atomic E-state index is -0.709. The number of fused-ring (bicyclic) bond motifs is 2. The van der Waals surface area contributed by atoms with Crippen LogP contribution in [0, 0.1) is 5.82 Å². The molecule has 2 aromatic heterocycles. The highest BCUT2D eigenvalue weighted by atomic mass is 35.5. The van der Waals surface area contributed by atoms with Crippen LogP contribution in [0.25, 0.3) is 10.9 Å². The Labute approximate surface area is 381 Å². The third kappa shape index (κ3) is 9.54. The van der Waals surface area contributed by atoms with Gasteiger partial charge in [-0.15, -0.1) is 0 Å². The normalized spacial score (nSPS) is 20.7. The summed E-state index contributed by atoms with van der Waals surface area (Å²) in [6.45, 7) is 3.27. The molecule has 4 aliphatic heterocycles. The SMILES string of the molecule is CNC(=O)COc1cc2cc(Nc3nc(N4CCC(OC5CCC5)CC4)ncc3Cl)ccc2n(C2CCC2)c1=O.O=C1CCC(N2Cc3c(ccc(C4CCNCC4)c3F)C2=O)C(=O)N1. The Balaban J connectivity index is 0.000000182. The average molecular weight is 912 g/mol. The van der Waals surface area contributed by atoms with Crippen LogP contribution in [-0.4, -0.2) is 101 Å². The number of nitrogens with zero attached hydrogens (tertiary/aromatic N) is 5. The topological polar surface area (TPSA) is 189 Å². The average Bonchev–Trinajstić information content (AvgIpc) is 3.62. The van der Waals surface area contributed by atoms with Gasteiger partial charge in [-0.25, -0.2) is 9.37 Å². The van der Waals surface area contributed by atoms with Gasteiger partial charge in [-0.2, -0.15) is 4.98 Å². The Morgan fingerprint density at radius 3 is 2.38 bits per heavy atom. The van der Waals surface area contributed by atoms with Crippen LogP contribution in [0.5, 0.6) is 5.75 Å². The lowest BCUT2D eigenvalue weighted by Crippen LogP contribution is -2.52. The monoisotopic (exact) mass is 911 g/mol. The number of amides is 4. The number of benzene rings is 2. The Morgan fingerprint density at radius 1 is 0.938 bits per heavy atom. The molecule has 0 radical (unpaired) electrons. The number of carbonyl (C=O) groups excluding carboxylic acids is 4. The van der Waals surface area contributed by atoms with Gasteiger partial charge in [0.2, 0.25) is 17.8 Å². The second kappa shape index (κ2) is 19.4. The van der Waals surface area contributed by atoms with Gasteiger partial charge in [-0.3, -0.25) is 29.3 Å². The van der Waals surface area contributed by atoms with Crippen molar-refractivity contribution in [2.45, 2.75) is 114 Å². The molecule has 16 nitrogen and oxygen atoms in total. The lowest BCUT2D eigenvalue weighted by Gasteiger charge is -2.36. The maximum Gasteiger partial charge on any atom is 0.293 e. The van der Waals surface area contributed by atoms with Gasteiger partial charge in [-0.1, -0.05) is 17.7 Å². The van der Waals surface area contributed by atoms with Crippen LogP contribution >= 0.6 is 11.6 Å². The molecule has 4 N–H and O–H groups in total. The number of pyridine rings is 1. The molecule has 10 rings (SSSR count). The van der Waals surface area contributed by atoms with Crippen LogP contribution < -0.4 is 36.5 Å². The number of imide groups is 1. The van der Waals surface area contributed by atoms with Gasteiger partial charge in [0.15, 0.2) is 18.2 Å². The number of rotatable bonds is 11. The van der Waals surface area contributed by atoms with Crippen molar-refractivity contribution in [3.05, 3.63) is 80.5 Å². The van der Waals surface area contributed by atoms with Crippen molar-refractivity contribution in [3.8, 4) is 5.75 Å². The highest BCUT2D eigenvalue weighted by molar-refractivity contribution is 6.33. The van der Waals surface area contributed by atoms with Gasteiger partial charge in [-0.05, 0) is 126 Å². The van der Waals surface area contributed by atoms with Gasteiger partial charge < -0.3 is 39.8 Å². The number of hydrogen-bond acceptors (Lipinski definition) is 12. The van der Waals surface area contributed by atoms with E-state index >= 15 is 4.39 Å². The summed E-state index contributed by atoms with van der Waals surface area (Å²) >= 11 is 6.50. The number of likely N-dealkylation sites (N-methyl/N-ethyl adjacent to an activating group) is 1. The van der Waals surface area contributed by atoms with Crippen molar-refractivity contribution >= 4 is 63.6 Å². The molecule has 3 saturated heterocycles. The summed E-state index contributed by atoms with van der Waals surface area (Å²) in [5.41, 5.74) is 2.76. The van der Waals surface area contributed by atoms with E-state index in [1.54, 1.807) is 29.0 Å². The van der Waals surface area contributed by atoms with Gasteiger partial charge in [0, 0.05) is 54.8 Å². The zero-order chi connectivity index (χ0) is 45.2. The summed E-state index contributed by atoms with van der Waals surface area (Å²) in [5.74, 6) is -0.275. The predicted molar refractivity (Wildman–Crippen MR) is 242 cm³/mol. The van der Waals surface area contributed by atoms with E-state index in [0.29, 0.717) is 45.7 Å². The molecule has 1 unspecified atom stereocenters. The van der Waals surface area contributed by atoms with Crippen LogP contribution in [0.2, 0.25) is 5.02 Å². The van der Waals surface area contributed by atoms with E-state index in [4.69, 9.17) is 26.1 Å². The van der Waals surface area contributed by atoms with Gasteiger partial charge >= 0.3 is 0 Å². The maximum absolute atomic E-state index is 15.1. The van der Waals surface area contributed by atoms with Crippen molar-refractivity contribution in [2.24, 2.45) is 0 Å². The first-order chi connectivity index (χ1) is 31.5. The van der Waals surface area contributed by atoms with Crippen LogP contribution in [-0.2, 0) is 25.7 Å². The zero-order valence-electron chi connectivity index (χ0n) is 36.5. The molecule has 2 aromatic carbocycles. The molecule has 4 aromatic rings. The quantitative estimate of drug-likeness (QED) is 0.136. The van der Waals surface area contributed by atoms with Crippen molar-refractivity contribution in [2.75, 3.05) is 50.1 Å². The number of piperidine rings is 3. The number of carbonyl (C=O) groups is 4. The van der Waals surface area contributed by atoms with E-state index in [2.05, 4.69) is 31.2 Å². The Hall–Kier alpha value is -5.65. The molecule has 344 valence electrons. The number of halogens is 2. The van der Waals surface area contributed by atoms with E-state index in [-0.39, 0.29) is 72.8 Å². The molecule has 18 heteroatoms. The molecule has 1 atom stereocenters. The summed E-state index contributed by atoms with van der Waals surface area (Å²) in [6.07, 6.45) is 13.2. The lowest BCUT2D eigenvalue weighted by atomic mass is 9.88. The molecule has 6 aliphatic rings. The molecule has 0 bridgehead atoms. The van der Waals surface area contributed by atoms with Crippen LogP contribution in [0.4, 0.5) is 21.8 Å². The first kappa shape index (κ1) is 44.5. The molecule has 4 amide bonds. The van der Waals surface area contributed by atoms with E-state index in [1.807, 2.05) is 18.2 Å². The zero-order valence-corrected chi connectivity index (χ0v) is 37.3. The highest BCUT2D eigenvalue weighted by Gasteiger charge is 2.41. The molecular formula is C47H55ClFN9O7.